The summed E-state index contributed by atoms with van der Waals surface area (Å²) in [6.45, 7) is 1.99. The highest BCUT2D eigenvalue weighted by molar-refractivity contribution is 8.15. The Bertz CT molecular complexity index is 736. The number of rotatable bonds is 3. The number of carbonyl (C=O) groups is 1. The van der Waals surface area contributed by atoms with E-state index in [9.17, 15) is 4.79 Å². The minimum absolute atomic E-state index is 0.0325. The molecule has 1 saturated heterocycles. The second-order valence-electron chi connectivity index (χ2n) is 4.36. The van der Waals surface area contributed by atoms with Crippen molar-refractivity contribution in [2.45, 2.75) is 6.92 Å². The third-order valence-corrected chi connectivity index (χ3v) is 4.38. The quantitative estimate of drug-likeness (QED) is 0.699. The molecule has 0 aliphatic carbocycles. The molecule has 1 amide bonds. The second-order valence-corrected chi connectivity index (χ2v) is 6.39. The van der Waals surface area contributed by atoms with Crippen LogP contribution in [0, 0.1) is 6.92 Å². The molecular weight excluding hydrogens is 304 g/mol. The number of hydrogen-bond acceptors (Lipinski definition) is 6. The summed E-state index contributed by atoms with van der Waals surface area (Å²) in [4.78, 5) is 15.5. The van der Waals surface area contributed by atoms with Gasteiger partial charge >= 0.3 is 0 Å². The number of thioether (sulfide) groups is 1. The van der Waals surface area contributed by atoms with E-state index < -0.39 is 0 Å². The predicted molar refractivity (Wildman–Crippen MR) is 87.9 cm³/mol. The molecular formula is C14H12N4OS2. The molecule has 21 heavy (non-hydrogen) atoms. The summed E-state index contributed by atoms with van der Waals surface area (Å²) in [6.07, 6.45) is 1.67. The molecule has 1 fully saturated rings. The van der Waals surface area contributed by atoms with Crippen LogP contribution in [0.25, 0.3) is 11.3 Å². The van der Waals surface area contributed by atoms with Gasteiger partial charge < -0.3 is 5.32 Å². The number of aromatic nitrogens is 1. The molecule has 0 unspecified atom stereocenters. The number of nitrogens with zero attached hydrogens (tertiary/aromatic N) is 3. The number of amidine groups is 1. The van der Waals surface area contributed by atoms with E-state index in [1.165, 1.54) is 11.8 Å². The van der Waals surface area contributed by atoms with E-state index in [2.05, 4.69) is 20.5 Å². The van der Waals surface area contributed by atoms with Crippen LogP contribution in [0.2, 0.25) is 0 Å². The first-order valence-electron chi connectivity index (χ1n) is 6.27. The zero-order valence-corrected chi connectivity index (χ0v) is 12.9. The Morgan fingerprint density at radius 1 is 1.43 bits per heavy atom. The Balaban J connectivity index is 1.76. The van der Waals surface area contributed by atoms with Crippen molar-refractivity contribution in [1.82, 2.24) is 10.3 Å². The van der Waals surface area contributed by atoms with Crippen molar-refractivity contribution >= 4 is 40.4 Å². The summed E-state index contributed by atoms with van der Waals surface area (Å²) >= 11 is 2.99. The number of aryl methyl sites for hydroxylation is 1. The Labute approximate surface area is 130 Å². The maximum absolute atomic E-state index is 11.0. The van der Waals surface area contributed by atoms with Crippen LogP contribution in [-0.4, -0.2) is 28.0 Å². The van der Waals surface area contributed by atoms with Gasteiger partial charge in [-0.25, -0.2) is 4.98 Å². The molecule has 1 aromatic heterocycles. The summed E-state index contributed by atoms with van der Waals surface area (Å²) in [5.41, 5.74) is 2.97. The van der Waals surface area contributed by atoms with Gasteiger partial charge in [0.05, 0.1) is 22.7 Å². The van der Waals surface area contributed by atoms with Gasteiger partial charge in [-0.2, -0.15) is 5.10 Å². The van der Waals surface area contributed by atoms with Gasteiger partial charge in [0.1, 0.15) is 0 Å². The van der Waals surface area contributed by atoms with Crippen LogP contribution in [0.5, 0.6) is 0 Å². The van der Waals surface area contributed by atoms with Crippen molar-refractivity contribution in [2.75, 3.05) is 5.75 Å². The molecule has 1 N–H and O–H groups in total. The fraction of sp³-hybridized carbons (Fsp3) is 0.143. The normalized spacial score (nSPS) is 16.8. The van der Waals surface area contributed by atoms with E-state index in [0.29, 0.717) is 10.9 Å². The Kier molecular flexibility index (Phi) is 4.12. The van der Waals surface area contributed by atoms with Crippen molar-refractivity contribution in [3.63, 3.8) is 0 Å². The van der Waals surface area contributed by atoms with E-state index in [4.69, 9.17) is 0 Å². The SMILES string of the molecule is Cc1nc(-c2cccc(C=NN=C3NC(=O)CS3)c2)cs1. The van der Waals surface area contributed by atoms with Gasteiger partial charge in [0.15, 0.2) is 5.17 Å². The highest BCUT2D eigenvalue weighted by Crippen LogP contribution is 2.21. The lowest BCUT2D eigenvalue weighted by Gasteiger charge is -1.98. The Hall–Kier alpha value is -1.99. The summed E-state index contributed by atoms with van der Waals surface area (Å²) in [7, 11) is 0. The summed E-state index contributed by atoms with van der Waals surface area (Å²) < 4.78 is 0. The van der Waals surface area contributed by atoms with Gasteiger partial charge in [0.25, 0.3) is 0 Å². The molecule has 5 nitrogen and oxygen atoms in total. The first kappa shape index (κ1) is 14.0. The van der Waals surface area contributed by atoms with Gasteiger partial charge in [-0.3, -0.25) is 4.79 Å². The number of nitrogens with one attached hydrogen (secondary N) is 1. The maximum atomic E-state index is 11.0. The van der Waals surface area contributed by atoms with Gasteiger partial charge in [0.2, 0.25) is 5.91 Å². The maximum Gasteiger partial charge on any atom is 0.236 e. The molecule has 2 heterocycles. The second kappa shape index (κ2) is 6.19. The predicted octanol–water partition coefficient (Wildman–Crippen LogP) is 2.67. The Morgan fingerprint density at radius 2 is 2.33 bits per heavy atom. The Morgan fingerprint density at radius 3 is 3.05 bits per heavy atom. The van der Waals surface area contributed by atoms with E-state index >= 15 is 0 Å². The van der Waals surface area contributed by atoms with Crippen molar-refractivity contribution in [3.05, 3.63) is 40.2 Å². The van der Waals surface area contributed by atoms with Gasteiger partial charge in [0, 0.05) is 10.9 Å². The highest BCUT2D eigenvalue weighted by Gasteiger charge is 2.15. The molecule has 0 saturated carbocycles. The largest absolute Gasteiger partial charge is 0.303 e. The van der Waals surface area contributed by atoms with Crippen molar-refractivity contribution in [2.24, 2.45) is 10.2 Å². The first-order chi connectivity index (χ1) is 10.2. The van der Waals surface area contributed by atoms with E-state index in [1.54, 1.807) is 17.6 Å². The number of carbonyl (C=O) groups excluding carboxylic acids is 1. The lowest BCUT2D eigenvalue weighted by molar-refractivity contribution is -0.116. The molecule has 106 valence electrons. The van der Waals surface area contributed by atoms with Crippen LogP contribution in [0.15, 0.2) is 39.8 Å². The van der Waals surface area contributed by atoms with Crippen molar-refractivity contribution in [3.8, 4) is 11.3 Å². The molecule has 0 spiro atoms. The van der Waals surface area contributed by atoms with Gasteiger partial charge in [-0.1, -0.05) is 30.0 Å². The summed E-state index contributed by atoms with van der Waals surface area (Å²) in [5, 5.41) is 14.2. The lowest BCUT2D eigenvalue weighted by Crippen LogP contribution is -2.19. The van der Waals surface area contributed by atoms with Gasteiger partial charge in [-0.15, -0.1) is 16.4 Å². The minimum Gasteiger partial charge on any atom is -0.303 e. The van der Waals surface area contributed by atoms with Crippen LogP contribution in [0.3, 0.4) is 0 Å². The first-order valence-corrected chi connectivity index (χ1v) is 8.13. The highest BCUT2D eigenvalue weighted by atomic mass is 32.2. The third kappa shape index (κ3) is 3.56. The van der Waals surface area contributed by atoms with Crippen LogP contribution < -0.4 is 5.32 Å². The zero-order chi connectivity index (χ0) is 14.7. The molecule has 1 aliphatic rings. The van der Waals surface area contributed by atoms with Crippen LogP contribution >= 0.6 is 23.1 Å². The zero-order valence-electron chi connectivity index (χ0n) is 11.2. The van der Waals surface area contributed by atoms with Crippen LogP contribution in [-0.2, 0) is 4.79 Å². The number of benzene rings is 1. The molecule has 0 radical (unpaired) electrons. The van der Waals surface area contributed by atoms with E-state index in [1.807, 2.05) is 36.6 Å². The lowest BCUT2D eigenvalue weighted by atomic mass is 10.1. The standard InChI is InChI=1S/C14H12N4OS2/c1-9-16-12(7-20-9)11-4-2-3-10(5-11)6-15-18-14-17-13(19)8-21-14/h2-7H,8H2,1H3,(H,17,18,19). The fourth-order valence-corrected chi connectivity index (χ4v) is 3.05. The molecule has 2 aromatic rings. The average Bonchev–Trinajstić information content (AvgIpc) is 3.08. The monoisotopic (exact) mass is 316 g/mol. The molecule has 1 aliphatic heterocycles. The minimum atomic E-state index is -0.0325. The molecule has 1 aromatic carbocycles. The number of thiazole rings is 1. The van der Waals surface area contributed by atoms with Crippen molar-refractivity contribution in [1.29, 1.82) is 0 Å². The molecule has 0 atom stereocenters. The molecule has 3 rings (SSSR count). The van der Waals surface area contributed by atoms with Crippen LogP contribution in [0.1, 0.15) is 10.6 Å². The van der Waals surface area contributed by atoms with E-state index in [-0.39, 0.29) is 5.91 Å². The third-order valence-electron chi connectivity index (χ3n) is 2.74. The van der Waals surface area contributed by atoms with Gasteiger partial charge in [-0.05, 0) is 18.6 Å². The van der Waals surface area contributed by atoms with Crippen molar-refractivity contribution < 1.29 is 4.79 Å². The summed E-state index contributed by atoms with van der Waals surface area (Å²) in [5.74, 6) is 0.377. The molecule has 7 heteroatoms. The topological polar surface area (TPSA) is 66.7 Å². The average molecular weight is 316 g/mol. The number of amides is 1. The molecule has 0 bridgehead atoms. The fourth-order valence-electron chi connectivity index (χ4n) is 1.80. The van der Waals surface area contributed by atoms with Crippen LogP contribution in [0.4, 0.5) is 0 Å². The summed E-state index contributed by atoms with van der Waals surface area (Å²) in [6, 6.07) is 7.95. The number of hydrogen-bond donors (Lipinski definition) is 1. The smallest absolute Gasteiger partial charge is 0.236 e. The van der Waals surface area contributed by atoms with E-state index in [0.717, 1.165) is 21.8 Å².